The summed E-state index contributed by atoms with van der Waals surface area (Å²) in [4.78, 5) is 0. The Bertz CT molecular complexity index is 1060. The molecule has 0 saturated heterocycles. The number of benzene rings is 2. The van der Waals surface area contributed by atoms with Gasteiger partial charge in [-0.25, -0.2) is 0 Å². The molecule has 1 heterocycles. The Morgan fingerprint density at radius 1 is 0.900 bits per heavy atom. The number of hydrogen-bond acceptors (Lipinski definition) is 6. The van der Waals surface area contributed by atoms with Gasteiger partial charge < -0.3 is 14.2 Å². The summed E-state index contributed by atoms with van der Waals surface area (Å²) in [5.74, 6) is -0.120. The normalized spacial score (nSPS) is 10.9. The Morgan fingerprint density at radius 2 is 1.57 bits per heavy atom. The van der Waals surface area contributed by atoms with E-state index in [1.54, 1.807) is 36.4 Å². The zero-order valence-electron chi connectivity index (χ0n) is 16.0. The van der Waals surface area contributed by atoms with Gasteiger partial charge in [0.1, 0.15) is 18.1 Å². The summed E-state index contributed by atoms with van der Waals surface area (Å²) < 4.78 is 56.1. The first-order valence-corrected chi connectivity index (χ1v) is 8.65. The van der Waals surface area contributed by atoms with Gasteiger partial charge >= 0.3 is 6.18 Å². The summed E-state index contributed by atoms with van der Waals surface area (Å²) >= 11 is 0. The Morgan fingerprint density at radius 3 is 2.10 bits per heavy atom. The molecule has 154 valence electrons. The van der Waals surface area contributed by atoms with Gasteiger partial charge in [0.25, 0.3) is 0 Å². The number of methoxy groups -OCH3 is 2. The van der Waals surface area contributed by atoms with Crippen LogP contribution in [0, 0.1) is 11.3 Å². The van der Waals surface area contributed by atoms with Crippen molar-refractivity contribution in [2.75, 3.05) is 14.2 Å². The van der Waals surface area contributed by atoms with E-state index in [9.17, 15) is 13.2 Å². The lowest BCUT2D eigenvalue weighted by Crippen LogP contribution is -2.14. The minimum Gasteiger partial charge on any atom is -0.497 e. The highest BCUT2D eigenvalue weighted by molar-refractivity contribution is 5.70. The highest BCUT2D eigenvalue weighted by Crippen LogP contribution is 2.44. The van der Waals surface area contributed by atoms with Crippen molar-refractivity contribution in [1.82, 2.24) is 10.2 Å². The van der Waals surface area contributed by atoms with E-state index in [0.29, 0.717) is 22.4 Å². The number of aromatic nitrogens is 2. The fourth-order valence-electron chi connectivity index (χ4n) is 2.68. The molecule has 0 atom stereocenters. The predicted molar refractivity (Wildman–Crippen MR) is 101 cm³/mol. The lowest BCUT2D eigenvalue weighted by Gasteiger charge is -2.18. The van der Waals surface area contributed by atoms with Crippen molar-refractivity contribution in [3.05, 3.63) is 65.4 Å². The van der Waals surface area contributed by atoms with E-state index in [0.717, 1.165) is 7.11 Å². The van der Waals surface area contributed by atoms with E-state index in [-0.39, 0.29) is 18.1 Å². The Kier molecular flexibility index (Phi) is 6.06. The van der Waals surface area contributed by atoms with E-state index in [1.165, 1.54) is 19.2 Å². The molecule has 0 bridgehead atoms. The number of nitriles is 1. The average molecular weight is 415 g/mol. The fraction of sp³-hybridized carbons (Fsp3) is 0.190. The molecule has 0 unspecified atom stereocenters. The predicted octanol–water partition coefficient (Wildman–Crippen LogP) is 4.63. The second kappa shape index (κ2) is 8.69. The molecule has 0 radical (unpaired) electrons. The van der Waals surface area contributed by atoms with E-state index in [1.807, 2.05) is 6.07 Å². The van der Waals surface area contributed by atoms with Crippen molar-refractivity contribution in [3.63, 3.8) is 0 Å². The molecule has 0 aliphatic rings. The molecule has 0 aliphatic heterocycles. The SMILES string of the molecule is COc1ccc(COc2c(-c3ccc(C#N)cc3)nnc(C(F)(F)F)c2OC)cc1. The molecule has 9 heteroatoms. The van der Waals surface area contributed by atoms with Crippen molar-refractivity contribution >= 4 is 0 Å². The van der Waals surface area contributed by atoms with Crippen LogP contribution in [0.5, 0.6) is 17.2 Å². The van der Waals surface area contributed by atoms with Crippen LogP contribution in [0.3, 0.4) is 0 Å². The maximum absolute atomic E-state index is 13.4. The third-order valence-corrected chi connectivity index (χ3v) is 4.19. The average Bonchev–Trinajstić information content (AvgIpc) is 2.76. The molecule has 0 saturated carbocycles. The van der Waals surface area contributed by atoms with Crippen LogP contribution in [0.4, 0.5) is 13.2 Å². The standard InChI is InChI=1S/C21H16F3N3O3/c1-28-16-9-5-14(6-10-16)12-30-18-17(15-7-3-13(11-25)4-8-15)26-27-20(19(18)29-2)21(22,23)24/h3-10H,12H2,1-2H3. The van der Waals surface area contributed by atoms with Crippen LogP contribution in [-0.2, 0) is 12.8 Å². The van der Waals surface area contributed by atoms with Gasteiger partial charge in [0.15, 0.2) is 11.5 Å². The van der Waals surface area contributed by atoms with Crippen LogP contribution in [0.2, 0.25) is 0 Å². The van der Waals surface area contributed by atoms with E-state index in [2.05, 4.69) is 10.2 Å². The third-order valence-electron chi connectivity index (χ3n) is 4.19. The summed E-state index contributed by atoms with van der Waals surface area (Å²) in [6.45, 7) is -0.0351. The summed E-state index contributed by atoms with van der Waals surface area (Å²) in [5, 5.41) is 16.0. The van der Waals surface area contributed by atoms with Gasteiger partial charge in [0, 0.05) is 5.56 Å². The minimum absolute atomic E-state index is 0.0351. The van der Waals surface area contributed by atoms with Gasteiger partial charge in [-0.1, -0.05) is 24.3 Å². The molecule has 0 fully saturated rings. The van der Waals surface area contributed by atoms with Crippen LogP contribution in [0.15, 0.2) is 48.5 Å². The largest absolute Gasteiger partial charge is 0.497 e. The Labute approximate surface area is 170 Å². The minimum atomic E-state index is -4.78. The van der Waals surface area contributed by atoms with Gasteiger partial charge in [-0.05, 0) is 29.8 Å². The fourth-order valence-corrected chi connectivity index (χ4v) is 2.68. The van der Waals surface area contributed by atoms with Crippen LogP contribution < -0.4 is 14.2 Å². The molecule has 0 N–H and O–H groups in total. The molecule has 0 aliphatic carbocycles. The molecule has 30 heavy (non-hydrogen) atoms. The van der Waals surface area contributed by atoms with Crippen LogP contribution in [-0.4, -0.2) is 24.4 Å². The maximum atomic E-state index is 13.4. The molecule has 3 aromatic rings. The van der Waals surface area contributed by atoms with Crippen LogP contribution in [0.25, 0.3) is 11.3 Å². The lowest BCUT2D eigenvalue weighted by atomic mass is 10.1. The third kappa shape index (κ3) is 4.43. The van der Waals surface area contributed by atoms with Gasteiger partial charge in [-0.2, -0.15) is 18.4 Å². The first-order valence-electron chi connectivity index (χ1n) is 8.65. The van der Waals surface area contributed by atoms with Crippen molar-refractivity contribution in [2.24, 2.45) is 0 Å². The van der Waals surface area contributed by atoms with E-state index < -0.39 is 17.6 Å². The lowest BCUT2D eigenvalue weighted by molar-refractivity contribution is -0.143. The van der Waals surface area contributed by atoms with Crippen LogP contribution >= 0.6 is 0 Å². The molecule has 1 aromatic heterocycles. The van der Waals surface area contributed by atoms with Crippen LogP contribution in [0.1, 0.15) is 16.8 Å². The van der Waals surface area contributed by atoms with Crippen molar-refractivity contribution in [1.29, 1.82) is 5.26 Å². The second-order valence-corrected chi connectivity index (χ2v) is 6.08. The molecule has 3 rings (SSSR count). The Hall–Kier alpha value is -3.80. The summed E-state index contributed by atoms with van der Waals surface area (Å²) in [5.41, 5.74) is 0.309. The first kappa shape index (κ1) is 20.9. The molecular formula is C21H16F3N3O3. The van der Waals surface area contributed by atoms with E-state index >= 15 is 0 Å². The highest BCUT2D eigenvalue weighted by atomic mass is 19.4. The summed E-state index contributed by atoms with van der Waals surface area (Å²) in [6, 6.07) is 15.0. The number of nitrogens with zero attached hydrogens (tertiary/aromatic N) is 3. The number of rotatable bonds is 6. The summed E-state index contributed by atoms with van der Waals surface area (Å²) in [7, 11) is 2.64. The molecule has 2 aromatic carbocycles. The number of halogens is 3. The van der Waals surface area contributed by atoms with Crippen molar-refractivity contribution in [3.8, 4) is 34.6 Å². The highest BCUT2D eigenvalue weighted by Gasteiger charge is 2.40. The van der Waals surface area contributed by atoms with Gasteiger partial charge in [0.05, 0.1) is 25.9 Å². The zero-order valence-corrected chi connectivity index (χ0v) is 16.0. The monoisotopic (exact) mass is 415 g/mol. The smallest absolute Gasteiger partial charge is 0.439 e. The van der Waals surface area contributed by atoms with Gasteiger partial charge in [-0.15, -0.1) is 10.2 Å². The molecule has 6 nitrogen and oxygen atoms in total. The topological polar surface area (TPSA) is 77.3 Å². The zero-order chi connectivity index (χ0) is 21.7. The van der Waals surface area contributed by atoms with Crippen molar-refractivity contribution in [2.45, 2.75) is 12.8 Å². The van der Waals surface area contributed by atoms with Crippen molar-refractivity contribution < 1.29 is 27.4 Å². The number of ether oxygens (including phenoxy) is 3. The van der Waals surface area contributed by atoms with E-state index in [4.69, 9.17) is 19.5 Å². The number of hydrogen-bond donors (Lipinski definition) is 0. The first-order chi connectivity index (χ1) is 14.4. The number of alkyl halides is 3. The molecule has 0 amide bonds. The Balaban J connectivity index is 2.05. The van der Waals surface area contributed by atoms with Gasteiger partial charge in [0.2, 0.25) is 5.69 Å². The quantitative estimate of drug-likeness (QED) is 0.584. The summed E-state index contributed by atoms with van der Waals surface area (Å²) in [6.07, 6.45) is -4.78. The maximum Gasteiger partial charge on any atom is 0.439 e. The van der Waals surface area contributed by atoms with Gasteiger partial charge in [-0.3, -0.25) is 0 Å². The molecule has 0 spiro atoms. The molecular weight excluding hydrogens is 399 g/mol. The second-order valence-electron chi connectivity index (χ2n) is 6.08.